The highest BCUT2D eigenvalue weighted by Gasteiger charge is 2.18. The van der Waals surface area contributed by atoms with Gasteiger partial charge in [0.15, 0.2) is 11.5 Å². The minimum atomic E-state index is -3.43. The Labute approximate surface area is 228 Å². The summed E-state index contributed by atoms with van der Waals surface area (Å²) in [5, 5.41) is 17.2. The van der Waals surface area contributed by atoms with Crippen molar-refractivity contribution in [1.82, 2.24) is 24.5 Å². The molecule has 4 heterocycles. The van der Waals surface area contributed by atoms with Crippen LogP contribution in [0.1, 0.15) is 17.0 Å². The first-order valence-electron chi connectivity index (χ1n) is 12.9. The average Bonchev–Trinajstić information content (AvgIpc) is 3.35. The number of pyridine rings is 2. The van der Waals surface area contributed by atoms with E-state index in [1.807, 2.05) is 24.4 Å². The predicted octanol–water partition coefficient (Wildman–Crippen LogP) is 1.84. The molecule has 0 aliphatic carbocycles. The summed E-state index contributed by atoms with van der Waals surface area (Å²) in [5.74, 6) is 1.10. The number of fused-ring (bicyclic) bond motifs is 1. The number of hydrogen-bond acceptors (Lipinski definition) is 9. The molecular formula is C27H34N8O3S. The maximum Gasteiger partial charge on any atom is 0.233 e. The molecule has 0 amide bonds. The number of aromatic nitrogens is 4. The summed E-state index contributed by atoms with van der Waals surface area (Å²) >= 11 is 0. The molecule has 11 nitrogen and oxygen atoms in total. The van der Waals surface area contributed by atoms with Gasteiger partial charge in [-0.15, -0.1) is 0 Å². The van der Waals surface area contributed by atoms with Gasteiger partial charge in [0.25, 0.3) is 0 Å². The molecular weight excluding hydrogens is 516 g/mol. The van der Waals surface area contributed by atoms with Gasteiger partial charge < -0.3 is 15.3 Å². The van der Waals surface area contributed by atoms with Crippen molar-refractivity contribution in [3.63, 3.8) is 0 Å². The molecule has 206 valence electrons. The Hall–Kier alpha value is -3.74. The third kappa shape index (κ3) is 6.29. The van der Waals surface area contributed by atoms with Gasteiger partial charge in [0.1, 0.15) is 5.82 Å². The predicted molar refractivity (Wildman–Crippen MR) is 153 cm³/mol. The second-order valence-electron chi connectivity index (χ2n) is 9.68. The lowest BCUT2D eigenvalue weighted by molar-refractivity contribution is 0.189. The molecule has 1 saturated heterocycles. The monoisotopic (exact) mass is 550 g/mol. The molecule has 1 aromatic carbocycles. The summed E-state index contributed by atoms with van der Waals surface area (Å²) in [6.45, 7) is 5.14. The minimum absolute atomic E-state index is 0.206. The molecule has 0 atom stereocenters. The number of aliphatic hydroxyl groups excluding tert-OH is 1. The SMILES string of the molecule is CN(c1ncccc1CNc1cccn2nc(Cc3ccc(N4CCN(CCO)CC4)cc3)nc12)S(C)(=O)=O. The number of sulfonamides is 1. The number of piperazine rings is 1. The van der Waals surface area contributed by atoms with E-state index in [2.05, 4.69) is 49.5 Å². The molecule has 0 saturated carbocycles. The standard InChI is InChI=1S/C27H34N8O3S/c1-32(39(2,37)38)26-22(5-3-11-28-26)20-29-24-6-4-12-35-27(24)30-25(31-35)19-21-7-9-23(10-8-21)34-15-13-33(14-16-34)17-18-36/h3-12,29,36H,13-20H2,1-2H3. The highest BCUT2D eigenvalue weighted by Crippen LogP contribution is 2.23. The summed E-state index contributed by atoms with van der Waals surface area (Å²) < 4.78 is 27.0. The van der Waals surface area contributed by atoms with Crippen LogP contribution in [0, 0.1) is 0 Å². The number of benzene rings is 1. The lowest BCUT2D eigenvalue weighted by Gasteiger charge is -2.35. The smallest absolute Gasteiger partial charge is 0.233 e. The van der Waals surface area contributed by atoms with E-state index in [9.17, 15) is 8.42 Å². The van der Waals surface area contributed by atoms with Crippen LogP contribution in [0.5, 0.6) is 0 Å². The van der Waals surface area contributed by atoms with E-state index < -0.39 is 10.0 Å². The largest absolute Gasteiger partial charge is 0.395 e. The maximum atomic E-state index is 12.1. The molecule has 1 aliphatic heterocycles. The van der Waals surface area contributed by atoms with E-state index in [0.717, 1.165) is 55.8 Å². The van der Waals surface area contributed by atoms with Gasteiger partial charge in [-0.05, 0) is 35.9 Å². The Morgan fingerprint density at radius 2 is 1.82 bits per heavy atom. The number of nitrogens with zero attached hydrogens (tertiary/aromatic N) is 7. The molecule has 5 rings (SSSR count). The molecule has 12 heteroatoms. The van der Waals surface area contributed by atoms with Crippen LogP contribution in [0.25, 0.3) is 5.65 Å². The average molecular weight is 551 g/mol. The fraction of sp³-hybridized carbons (Fsp3) is 0.370. The molecule has 0 spiro atoms. The van der Waals surface area contributed by atoms with E-state index in [1.165, 1.54) is 17.0 Å². The maximum absolute atomic E-state index is 12.1. The Balaban J connectivity index is 1.26. The van der Waals surface area contributed by atoms with Gasteiger partial charge in [0, 0.05) is 76.4 Å². The van der Waals surface area contributed by atoms with Crippen molar-refractivity contribution in [3.8, 4) is 0 Å². The quantitative estimate of drug-likeness (QED) is 0.305. The van der Waals surface area contributed by atoms with Crippen LogP contribution in [-0.2, 0) is 23.0 Å². The first kappa shape index (κ1) is 26.9. The van der Waals surface area contributed by atoms with Gasteiger partial charge in [-0.3, -0.25) is 9.21 Å². The van der Waals surface area contributed by atoms with Crippen LogP contribution in [-0.4, -0.2) is 90.6 Å². The zero-order valence-electron chi connectivity index (χ0n) is 22.2. The van der Waals surface area contributed by atoms with Crippen LogP contribution in [0.3, 0.4) is 0 Å². The molecule has 2 N–H and O–H groups in total. The number of aliphatic hydroxyl groups is 1. The molecule has 4 aromatic rings. The van der Waals surface area contributed by atoms with Crippen molar-refractivity contribution in [2.24, 2.45) is 0 Å². The molecule has 1 aliphatic rings. The van der Waals surface area contributed by atoms with Crippen LogP contribution in [0.4, 0.5) is 17.2 Å². The summed E-state index contributed by atoms with van der Waals surface area (Å²) in [4.78, 5) is 13.7. The van der Waals surface area contributed by atoms with Crippen molar-refractivity contribution in [2.45, 2.75) is 13.0 Å². The molecule has 0 radical (unpaired) electrons. The Morgan fingerprint density at radius 1 is 1.05 bits per heavy atom. The number of anilines is 3. The first-order chi connectivity index (χ1) is 18.8. The van der Waals surface area contributed by atoms with Crippen molar-refractivity contribution < 1.29 is 13.5 Å². The normalized spacial score (nSPS) is 14.6. The Morgan fingerprint density at radius 3 is 2.54 bits per heavy atom. The van der Waals surface area contributed by atoms with E-state index in [1.54, 1.807) is 16.8 Å². The lowest BCUT2D eigenvalue weighted by Crippen LogP contribution is -2.47. The zero-order chi connectivity index (χ0) is 27.4. The third-order valence-corrected chi connectivity index (χ3v) is 8.16. The zero-order valence-corrected chi connectivity index (χ0v) is 23.0. The van der Waals surface area contributed by atoms with Crippen molar-refractivity contribution >= 4 is 32.9 Å². The van der Waals surface area contributed by atoms with Gasteiger partial charge in [0.05, 0.1) is 18.6 Å². The van der Waals surface area contributed by atoms with Crippen molar-refractivity contribution in [3.05, 3.63) is 77.9 Å². The van der Waals surface area contributed by atoms with Gasteiger partial charge in [-0.1, -0.05) is 18.2 Å². The molecule has 39 heavy (non-hydrogen) atoms. The van der Waals surface area contributed by atoms with Gasteiger partial charge >= 0.3 is 0 Å². The van der Waals surface area contributed by atoms with Crippen LogP contribution >= 0.6 is 0 Å². The van der Waals surface area contributed by atoms with Gasteiger partial charge in [-0.2, -0.15) is 5.10 Å². The summed E-state index contributed by atoms with van der Waals surface area (Å²) in [6.07, 6.45) is 5.21. The summed E-state index contributed by atoms with van der Waals surface area (Å²) in [6, 6.07) is 16.0. The second kappa shape index (κ2) is 11.6. The fourth-order valence-electron chi connectivity index (χ4n) is 4.74. The Kier molecular flexibility index (Phi) is 7.96. The number of nitrogens with one attached hydrogen (secondary N) is 1. The fourth-order valence-corrected chi connectivity index (χ4v) is 5.22. The minimum Gasteiger partial charge on any atom is -0.395 e. The molecule has 0 bridgehead atoms. The summed E-state index contributed by atoms with van der Waals surface area (Å²) in [5.41, 5.74) is 4.58. The number of β-amino-alcohol motifs (C(OH)–C–C–N with tert-alkyl or cyclic N) is 1. The summed E-state index contributed by atoms with van der Waals surface area (Å²) in [7, 11) is -1.93. The highest BCUT2D eigenvalue weighted by molar-refractivity contribution is 7.92. The molecule has 1 fully saturated rings. The van der Waals surface area contributed by atoms with E-state index >= 15 is 0 Å². The third-order valence-electron chi connectivity index (χ3n) is 6.99. The van der Waals surface area contributed by atoms with Gasteiger partial charge in [-0.25, -0.2) is 22.9 Å². The second-order valence-corrected chi connectivity index (χ2v) is 11.7. The van der Waals surface area contributed by atoms with Crippen LogP contribution in [0.15, 0.2) is 60.9 Å². The number of hydrogen-bond donors (Lipinski definition) is 2. The van der Waals surface area contributed by atoms with Crippen LogP contribution < -0.4 is 14.5 Å². The van der Waals surface area contributed by atoms with Gasteiger partial charge in [0.2, 0.25) is 10.0 Å². The molecule has 3 aromatic heterocycles. The van der Waals surface area contributed by atoms with E-state index in [4.69, 9.17) is 10.1 Å². The van der Waals surface area contributed by atoms with E-state index in [0.29, 0.717) is 30.3 Å². The first-order valence-corrected chi connectivity index (χ1v) is 14.8. The van der Waals surface area contributed by atoms with Crippen molar-refractivity contribution in [1.29, 1.82) is 0 Å². The molecule has 0 unspecified atom stereocenters. The number of rotatable bonds is 10. The van der Waals surface area contributed by atoms with Crippen molar-refractivity contribution in [2.75, 3.05) is 67.2 Å². The van der Waals surface area contributed by atoms with E-state index in [-0.39, 0.29) is 6.61 Å². The lowest BCUT2D eigenvalue weighted by atomic mass is 10.1. The highest BCUT2D eigenvalue weighted by atomic mass is 32.2. The van der Waals surface area contributed by atoms with Crippen LogP contribution in [0.2, 0.25) is 0 Å². The topological polar surface area (TPSA) is 119 Å². The Bertz CT molecular complexity index is 1520.